The molecule has 0 fully saturated rings. The SMILES string of the molecule is CCCOc1ccc(OCC(=O)Nc2cc(C(=O)N(C)C)ccc2Cl)cc1. The topological polar surface area (TPSA) is 67.9 Å². The Bertz CT molecular complexity index is 791. The monoisotopic (exact) mass is 390 g/mol. The second kappa shape index (κ2) is 9.83. The number of rotatable bonds is 8. The highest BCUT2D eigenvalue weighted by Gasteiger charge is 2.13. The molecule has 0 saturated carbocycles. The minimum atomic E-state index is -0.377. The van der Waals surface area contributed by atoms with Gasteiger partial charge in [0.1, 0.15) is 11.5 Å². The zero-order valence-electron chi connectivity index (χ0n) is 15.6. The summed E-state index contributed by atoms with van der Waals surface area (Å²) in [6.07, 6.45) is 0.933. The van der Waals surface area contributed by atoms with Crippen LogP contribution in [-0.4, -0.2) is 44.0 Å². The first-order valence-corrected chi connectivity index (χ1v) is 8.95. The molecule has 0 aromatic heterocycles. The molecule has 27 heavy (non-hydrogen) atoms. The number of nitrogens with one attached hydrogen (secondary N) is 1. The highest BCUT2D eigenvalue weighted by molar-refractivity contribution is 6.33. The number of hydrogen-bond acceptors (Lipinski definition) is 4. The molecule has 0 aliphatic carbocycles. The van der Waals surface area contributed by atoms with E-state index in [4.69, 9.17) is 21.1 Å². The smallest absolute Gasteiger partial charge is 0.262 e. The average Bonchev–Trinajstić information content (AvgIpc) is 2.66. The second-order valence-corrected chi connectivity index (χ2v) is 6.46. The van der Waals surface area contributed by atoms with E-state index in [1.54, 1.807) is 56.6 Å². The average molecular weight is 391 g/mol. The standard InChI is InChI=1S/C20H23ClN2O4/c1-4-11-26-15-6-8-16(9-7-15)27-13-19(24)22-18-12-14(5-10-17(18)21)20(25)23(2)3/h5-10,12H,4,11,13H2,1-3H3,(H,22,24). The van der Waals surface area contributed by atoms with Crippen LogP contribution < -0.4 is 14.8 Å². The Morgan fingerprint density at radius 2 is 1.67 bits per heavy atom. The lowest BCUT2D eigenvalue weighted by molar-refractivity contribution is -0.118. The van der Waals surface area contributed by atoms with Crippen molar-refractivity contribution >= 4 is 29.1 Å². The first-order chi connectivity index (χ1) is 12.9. The fraction of sp³-hybridized carbons (Fsp3) is 0.300. The summed E-state index contributed by atoms with van der Waals surface area (Å²) in [7, 11) is 3.31. The van der Waals surface area contributed by atoms with Gasteiger partial charge in [-0.15, -0.1) is 0 Å². The summed E-state index contributed by atoms with van der Waals surface area (Å²) in [5.74, 6) is 0.751. The van der Waals surface area contributed by atoms with Crippen LogP contribution >= 0.6 is 11.6 Å². The number of carbonyl (C=O) groups is 2. The molecule has 1 N–H and O–H groups in total. The van der Waals surface area contributed by atoms with Gasteiger partial charge in [-0.3, -0.25) is 9.59 Å². The Hall–Kier alpha value is -2.73. The fourth-order valence-corrected chi connectivity index (χ4v) is 2.36. The number of ether oxygens (including phenoxy) is 2. The maximum Gasteiger partial charge on any atom is 0.262 e. The molecule has 0 spiro atoms. The third kappa shape index (κ3) is 6.18. The third-order valence-electron chi connectivity index (χ3n) is 3.56. The van der Waals surface area contributed by atoms with Gasteiger partial charge < -0.3 is 19.7 Å². The summed E-state index contributed by atoms with van der Waals surface area (Å²) in [6.45, 7) is 2.50. The Morgan fingerprint density at radius 1 is 1.04 bits per heavy atom. The van der Waals surface area contributed by atoms with Crippen LogP contribution in [0.2, 0.25) is 5.02 Å². The van der Waals surface area contributed by atoms with Crippen LogP contribution in [0, 0.1) is 0 Å². The summed E-state index contributed by atoms with van der Waals surface area (Å²) in [4.78, 5) is 25.6. The summed E-state index contributed by atoms with van der Waals surface area (Å²) in [5, 5.41) is 3.01. The lowest BCUT2D eigenvalue weighted by atomic mass is 10.2. The lowest BCUT2D eigenvalue weighted by Crippen LogP contribution is -2.23. The molecule has 6 nitrogen and oxygen atoms in total. The molecule has 0 radical (unpaired) electrons. The van der Waals surface area contributed by atoms with Gasteiger partial charge in [0.2, 0.25) is 0 Å². The number of anilines is 1. The van der Waals surface area contributed by atoms with Crippen molar-refractivity contribution in [3.63, 3.8) is 0 Å². The van der Waals surface area contributed by atoms with Crippen LogP contribution in [0.3, 0.4) is 0 Å². The molecule has 0 unspecified atom stereocenters. The van der Waals surface area contributed by atoms with E-state index in [0.29, 0.717) is 28.6 Å². The maximum absolute atomic E-state index is 12.1. The van der Waals surface area contributed by atoms with Crippen molar-refractivity contribution < 1.29 is 19.1 Å². The number of halogens is 1. The van der Waals surface area contributed by atoms with Crippen LogP contribution in [0.5, 0.6) is 11.5 Å². The minimum Gasteiger partial charge on any atom is -0.494 e. The van der Waals surface area contributed by atoms with E-state index in [1.807, 2.05) is 6.92 Å². The summed E-state index contributed by atoms with van der Waals surface area (Å²) >= 11 is 6.11. The maximum atomic E-state index is 12.1. The van der Waals surface area contributed by atoms with Gasteiger partial charge >= 0.3 is 0 Å². The van der Waals surface area contributed by atoms with E-state index >= 15 is 0 Å². The van der Waals surface area contributed by atoms with E-state index in [-0.39, 0.29) is 18.4 Å². The minimum absolute atomic E-state index is 0.177. The van der Waals surface area contributed by atoms with Crippen molar-refractivity contribution in [3.05, 3.63) is 53.1 Å². The molecule has 2 rings (SSSR count). The predicted molar refractivity (Wildman–Crippen MR) is 106 cm³/mol. The Morgan fingerprint density at radius 3 is 2.26 bits per heavy atom. The molecule has 2 amide bonds. The van der Waals surface area contributed by atoms with Crippen molar-refractivity contribution in [3.8, 4) is 11.5 Å². The Labute approximate surface area is 164 Å². The first-order valence-electron chi connectivity index (χ1n) is 8.57. The number of amides is 2. The Balaban J connectivity index is 1.93. The third-order valence-corrected chi connectivity index (χ3v) is 3.89. The van der Waals surface area contributed by atoms with Crippen LogP contribution in [0.4, 0.5) is 5.69 Å². The molecule has 0 aliphatic rings. The highest BCUT2D eigenvalue weighted by atomic mass is 35.5. The van der Waals surface area contributed by atoms with Crippen molar-refractivity contribution in [1.29, 1.82) is 0 Å². The van der Waals surface area contributed by atoms with Gasteiger partial charge in [-0.1, -0.05) is 18.5 Å². The lowest BCUT2D eigenvalue weighted by Gasteiger charge is -2.13. The van der Waals surface area contributed by atoms with Gasteiger partial charge in [0.15, 0.2) is 6.61 Å². The van der Waals surface area contributed by atoms with Crippen LogP contribution in [0.1, 0.15) is 23.7 Å². The molecule has 2 aromatic rings. The van der Waals surface area contributed by atoms with Gasteiger partial charge in [-0.2, -0.15) is 0 Å². The van der Waals surface area contributed by atoms with E-state index in [2.05, 4.69) is 5.32 Å². The number of benzene rings is 2. The molecule has 0 atom stereocenters. The van der Waals surface area contributed by atoms with Crippen LogP contribution in [0.25, 0.3) is 0 Å². The molecule has 144 valence electrons. The van der Waals surface area contributed by atoms with Crippen molar-refractivity contribution in [2.24, 2.45) is 0 Å². The predicted octanol–water partition coefficient (Wildman–Crippen LogP) is 3.85. The van der Waals surface area contributed by atoms with E-state index < -0.39 is 0 Å². The van der Waals surface area contributed by atoms with Gasteiger partial charge in [-0.05, 0) is 48.9 Å². The highest BCUT2D eigenvalue weighted by Crippen LogP contribution is 2.24. The fourth-order valence-electron chi connectivity index (χ4n) is 2.20. The van der Waals surface area contributed by atoms with Crippen molar-refractivity contribution in [2.45, 2.75) is 13.3 Å². The zero-order valence-corrected chi connectivity index (χ0v) is 16.4. The molecular weight excluding hydrogens is 368 g/mol. The van der Waals surface area contributed by atoms with Crippen LogP contribution in [0.15, 0.2) is 42.5 Å². The van der Waals surface area contributed by atoms with Gasteiger partial charge in [0.25, 0.3) is 11.8 Å². The normalized spacial score (nSPS) is 10.2. The summed E-state index contributed by atoms with van der Waals surface area (Å²) in [5.41, 5.74) is 0.796. The number of carbonyl (C=O) groups excluding carboxylic acids is 2. The number of nitrogens with zero attached hydrogens (tertiary/aromatic N) is 1. The van der Waals surface area contributed by atoms with Crippen molar-refractivity contribution in [2.75, 3.05) is 32.6 Å². The molecule has 2 aromatic carbocycles. The molecule has 0 heterocycles. The van der Waals surface area contributed by atoms with Crippen LogP contribution in [-0.2, 0) is 4.79 Å². The summed E-state index contributed by atoms with van der Waals surface area (Å²) in [6, 6.07) is 11.8. The van der Waals surface area contributed by atoms with Crippen molar-refractivity contribution in [1.82, 2.24) is 4.90 Å². The second-order valence-electron chi connectivity index (χ2n) is 6.05. The quantitative estimate of drug-likeness (QED) is 0.743. The number of hydrogen-bond donors (Lipinski definition) is 1. The van der Waals surface area contributed by atoms with Gasteiger partial charge in [0.05, 0.1) is 17.3 Å². The molecule has 0 saturated heterocycles. The van der Waals surface area contributed by atoms with E-state index in [1.165, 1.54) is 4.90 Å². The molecular formula is C20H23ClN2O4. The van der Waals surface area contributed by atoms with E-state index in [9.17, 15) is 9.59 Å². The van der Waals surface area contributed by atoms with Gasteiger partial charge in [-0.25, -0.2) is 0 Å². The van der Waals surface area contributed by atoms with Gasteiger partial charge in [0, 0.05) is 19.7 Å². The molecule has 0 aliphatic heterocycles. The van der Waals surface area contributed by atoms with E-state index in [0.717, 1.165) is 12.2 Å². The first kappa shape index (κ1) is 20.6. The molecule has 7 heteroatoms. The Kier molecular flexibility index (Phi) is 7.49. The summed E-state index contributed by atoms with van der Waals surface area (Å²) < 4.78 is 11.0. The molecule has 0 bridgehead atoms. The zero-order chi connectivity index (χ0) is 19.8. The largest absolute Gasteiger partial charge is 0.494 e.